The van der Waals surface area contributed by atoms with Crippen LogP contribution in [0.5, 0.6) is 0 Å². The molecule has 1 aromatic carbocycles. The highest BCUT2D eigenvalue weighted by atomic mass is 28.3. The summed E-state index contributed by atoms with van der Waals surface area (Å²) in [5.74, 6) is -0.349. The molecule has 0 spiro atoms. The number of rotatable bonds is 6. The van der Waals surface area contributed by atoms with Crippen molar-refractivity contribution in [3.63, 3.8) is 0 Å². The molecule has 0 atom stereocenters. The summed E-state index contributed by atoms with van der Waals surface area (Å²) in [6, 6.07) is 6.49. The molecule has 1 aromatic heterocycles. The van der Waals surface area contributed by atoms with E-state index < -0.39 is 8.07 Å². The van der Waals surface area contributed by atoms with Gasteiger partial charge in [-0.25, -0.2) is 9.48 Å². The lowest BCUT2D eigenvalue weighted by atomic mass is 10.2. The number of fused-ring (bicyclic) bond motifs is 1. The van der Waals surface area contributed by atoms with Gasteiger partial charge < -0.3 is 9.47 Å². The lowest BCUT2D eigenvalue weighted by molar-refractivity contribution is 0.0601. The van der Waals surface area contributed by atoms with Crippen molar-refractivity contribution >= 4 is 24.9 Å². The summed E-state index contributed by atoms with van der Waals surface area (Å²) < 4.78 is 12.1. The molecule has 0 amide bonds. The summed E-state index contributed by atoms with van der Waals surface area (Å²) in [7, 11) is 0.315. The number of hydrogen-bond acceptors (Lipinski definition) is 4. The minimum atomic E-state index is -1.06. The third-order valence-electron chi connectivity index (χ3n) is 3.20. The number of benzene rings is 1. The van der Waals surface area contributed by atoms with Crippen LogP contribution in [0, 0.1) is 0 Å². The summed E-state index contributed by atoms with van der Waals surface area (Å²) in [4.78, 5) is 11.5. The molecule has 0 bridgehead atoms. The molecule has 0 saturated carbocycles. The fraction of sp³-hybridized carbons (Fsp3) is 0.467. The van der Waals surface area contributed by atoms with E-state index in [1.165, 1.54) is 7.11 Å². The highest BCUT2D eigenvalue weighted by molar-refractivity contribution is 6.76. The van der Waals surface area contributed by atoms with Gasteiger partial charge >= 0.3 is 5.97 Å². The monoisotopic (exact) mass is 306 g/mol. The Bertz CT molecular complexity index is 631. The molecule has 0 aliphatic heterocycles. The zero-order valence-corrected chi connectivity index (χ0v) is 14.0. The Morgan fingerprint density at radius 2 is 2.10 bits per heavy atom. The van der Waals surface area contributed by atoms with Gasteiger partial charge in [0.15, 0.2) is 0 Å². The third kappa shape index (κ3) is 4.40. The predicted molar refractivity (Wildman–Crippen MR) is 85.2 cm³/mol. The van der Waals surface area contributed by atoms with Gasteiger partial charge in [0.1, 0.15) is 6.73 Å². The van der Waals surface area contributed by atoms with E-state index in [0.717, 1.165) is 23.6 Å². The van der Waals surface area contributed by atoms with Crippen LogP contribution < -0.4 is 0 Å². The Balaban J connectivity index is 2.00. The van der Waals surface area contributed by atoms with Gasteiger partial charge in [0.05, 0.1) is 18.2 Å². The van der Waals surface area contributed by atoms with Gasteiger partial charge in [-0.15, -0.1) is 0 Å². The molecule has 0 fully saturated rings. The van der Waals surface area contributed by atoms with Crippen LogP contribution in [0.25, 0.3) is 10.9 Å². The summed E-state index contributed by atoms with van der Waals surface area (Å²) in [5, 5.41) is 5.40. The van der Waals surface area contributed by atoms with Crippen LogP contribution in [0.15, 0.2) is 24.4 Å². The van der Waals surface area contributed by atoms with Crippen molar-refractivity contribution in [1.82, 2.24) is 9.78 Å². The number of nitrogens with zero attached hydrogens (tertiary/aromatic N) is 2. The van der Waals surface area contributed by atoms with E-state index in [9.17, 15) is 4.79 Å². The fourth-order valence-electron chi connectivity index (χ4n) is 1.91. The normalized spacial score (nSPS) is 11.8. The molecule has 0 aliphatic rings. The van der Waals surface area contributed by atoms with Gasteiger partial charge in [-0.1, -0.05) is 25.7 Å². The minimum Gasteiger partial charge on any atom is -0.465 e. The first-order chi connectivity index (χ1) is 9.89. The Kier molecular flexibility index (Phi) is 4.79. The maximum atomic E-state index is 11.5. The molecule has 2 rings (SSSR count). The summed E-state index contributed by atoms with van der Waals surface area (Å²) in [5.41, 5.74) is 1.28. The van der Waals surface area contributed by atoms with Crippen molar-refractivity contribution in [2.24, 2.45) is 0 Å². The van der Waals surface area contributed by atoms with E-state index >= 15 is 0 Å². The first-order valence-corrected chi connectivity index (χ1v) is 10.7. The molecule has 0 N–H and O–H groups in total. The van der Waals surface area contributed by atoms with Crippen LogP contribution in [0.3, 0.4) is 0 Å². The Morgan fingerprint density at radius 3 is 2.76 bits per heavy atom. The van der Waals surface area contributed by atoms with Crippen LogP contribution in [-0.4, -0.2) is 37.5 Å². The van der Waals surface area contributed by atoms with Crippen LogP contribution in [0.2, 0.25) is 25.7 Å². The van der Waals surface area contributed by atoms with Crippen molar-refractivity contribution in [3.05, 3.63) is 30.0 Å². The van der Waals surface area contributed by atoms with Gasteiger partial charge in [-0.05, 0) is 18.2 Å². The molecular weight excluding hydrogens is 284 g/mol. The van der Waals surface area contributed by atoms with Gasteiger partial charge in [0, 0.05) is 26.3 Å². The van der Waals surface area contributed by atoms with Gasteiger partial charge in [0.25, 0.3) is 0 Å². The predicted octanol–water partition coefficient (Wildman–Crippen LogP) is 3.14. The van der Waals surface area contributed by atoms with E-state index in [-0.39, 0.29) is 5.97 Å². The smallest absolute Gasteiger partial charge is 0.337 e. The molecule has 2 aromatic rings. The standard InChI is InChI=1S/C15H22N2O3Si/c1-19-15(18)12-5-6-13-10-17(16-14(13)9-12)11-20-7-8-21(2,3)4/h5-6,9-10H,7-8,11H2,1-4H3. The first kappa shape index (κ1) is 15.7. The van der Waals surface area contributed by atoms with Crippen LogP contribution >= 0.6 is 0 Å². The first-order valence-electron chi connectivity index (χ1n) is 7.02. The molecule has 21 heavy (non-hydrogen) atoms. The Hall–Kier alpha value is -1.66. The van der Waals surface area contributed by atoms with E-state index in [2.05, 4.69) is 24.7 Å². The summed E-state index contributed by atoms with van der Waals surface area (Å²) in [6.07, 6.45) is 1.92. The van der Waals surface area contributed by atoms with E-state index in [0.29, 0.717) is 12.3 Å². The topological polar surface area (TPSA) is 53.4 Å². The average Bonchev–Trinajstić information content (AvgIpc) is 2.83. The lowest BCUT2D eigenvalue weighted by Crippen LogP contribution is -2.22. The van der Waals surface area contributed by atoms with Gasteiger partial charge in [-0.2, -0.15) is 5.10 Å². The third-order valence-corrected chi connectivity index (χ3v) is 4.90. The maximum absolute atomic E-state index is 11.5. The van der Waals surface area contributed by atoms with Crippen LogP contribution in [0.1, 0.15) is 10.4 Å². The SMILES string of the molecule is COC(=O)c1ccc2cn(COCC[Si](C)(C)C)nc2c1. The van der Waals surface area contributed by atoms with Crippen molar-refractivity contribution in [2.75, 3.05) is 13.7 Å². The van der Waals surface area contributed by atoms with Crippen molar-refractivity contribution in [1.29, 1.82) is 0 Å². The maximum Gasteiger partial charge on any atom is 0.337 e. The van der Waals surface area contributed by atoms with Crippen molar-refractivity contribution in [3.8, 4) is 0 Å². The number of carbonyl (C=O) groups excluding carboxylic acids is 1. The molecular formula is C15H22N2O3Si. The second kappa shape index (κ2) is 6.40. The number of ether oxygens (including phenoxy) is 2. The van der Waals surface area contributed by atoms with Gasteiger partial charge in [0.2, 0.25) is 0 Å². The second-order valence-electron chi connectivity index (χ2n) is 6.28. The van der Waals surface area contributed by atoms with Crippen LogP contribution in [-0.2, 0) is 16.2 Å². The van der Waals surface area contributed by atoms with Crippen molar-refractivity contribution < 1.29 is 14.3 Å². The zero-order chi connectivity index (χ0) is 15.5. The van der Waals surface area contributed by atoms with Crippen molar-refractivity contribution in [2.45, 2.75) is 32.4 Å². The molecule has 5 nitrogen and oxygen atoms in total. The zero-order valence-electron chi connectivity index (χ0n) is 13.0. The van der Waals surface area contributed by atoms with Gasteiger partial charge in [-0.3, -0.25) is 0 Å². The molecule has 6 heteroatoms. The largest absolute Gasteiger partial charge is 0.465 e. The molecule has 0 aliphatic carbocycles. The lowest BCUT2D eigenvalue weighted by Gasteiger charge is -2.15. The number of methoxy groups -OCH3 is 1. The average molecular weight is 306 g/mol. The molecule has 114 valence electrons. The quantitative estimate of drug-likeness (QED) is 0.467. The van der Waals surface area contributed by atoms with E-state index in [4.69, 9.17) is 9.47 Å². The summed E-state index contributed by atoms with van der Waals surface area (Å²) in [6.45, 7) is 8.18. The van der Waals surface area contributed by atoms with Crippen LogP contribution in [0.4, 0.5) is 0 Å². The Morgan fingerprint density at radius 1 is 1.33 bits per heavy atom. The molecule has 0 radical (unpaired) electrons. The highest BCUT2D eigenvalue weighted by Gasteiger charge is 2.12. The number of carbonyl (C=O) groups is 1. The molecule has 0 unspecified atom stereocenters. The Labute approximate surface area is 125 Å². The number of aromatic nitrogens is 2. The molecule has 1 heterocycles. The van der Waals surface area contributed by atoms with E-state index in [1.54, 1.807) is 16.8 Å². The number of esters is 1. The minimum absolute atomic E-state index is 0.349. The fourth-order valence-corrected chi connectivity index (χ4v) is 2.67. The second-order valence-corrected chi connectivity index (χ2v) is 11.9. The number of hydrogen-bond donors (Lipinski definition) is 0. The summed E-state index contributed by atoms with van der Waals surface area (Å²) >= 11 is 0. The molecule has 0 saturated heterocycles. The highest BCUT2D eigenvalue weighted by Crippen LogP contribution is 2.15. The van der Waals surface area contributed by atoms with E-state index in [1.807, 2.05) is 12.3 Å².